The third-order valence-corrected chi connectivity index (χ3v) is 3.36. The van der Waals surface area contributed by atoms with Gasteiger partial charge < -0.3 is 14.3 Å². The van der Waals surface area contributed by atoms with Gasteiger partial charge in [-0.05, 0) is 0 Å². The Morgan fingerprint density at radius 2 is 1.95 bits per heavy atom. The molecule has 0 N–H and O–H groups in total. The van der Waals surface area contributed by atoms with Crippen molar-refractivity contribution in [1.29, 1.82) is 0 Å². The van der Waals surface area contributed by atoms with Gasteiger partial charge in [0.15, 0.2) is 18.2 Å². The largest absolute Gasteiger partial charge is 0.389 e. The summed E-state index contributed by atoms with van der Waals surface area (Å²) in [5, 5.41) is 3.83. The van der Waals surface area contributed by atoms with Gasteiger partial charge >= 0.3 is 0 Å². The number of ether oxygens (including phenoxy) is 2. The number of Topliss-reactive ketones (excluding diaryl/α,β-unsaturated/α-hetero) is 1. The smallest absolute Gasteiger partial charge is 0.184 e. The molecule has 2 heterocycles. The van der Waals surface area contributed by atoms with E-state index >= 15 is 0 Å². The second kappa shape index (κ2) is 5.11. The number of hydrogen-bond acceptors (Lipinski definition) is 5. The van der Waals surface area contributed by atoms with Crippen molar-refractivity contribution < 1.29 is 19.1 Å². The summed E-state index contributed by atoms with van der Waals surface area (Å²) in [6, 6.07) is 9.72. The van der Waals surface area contributed by atoms with Crippen LogP contribution in [0.25, 0.3) is 0 Å². The van der Waals surface area contributed by atoms with Crippen molar-refractivity contribution in [3.8, 4) is 0 Å². The van der Waals surface area contributed by atoms with Gasteiger partial charge in [-0.25, -0.2) is 0 Å². The number of rotatable bonds is 2. The molecule has 0 aromatic heterocycles. The van der Waals surface area contributed by atoms with E-state index in [-0.39, 0.29) is 17.8 Å². The number of ketones is 1. The molecule has 0 amide bonds. The predicted octanol–water partition coefficient (Wildman–Crippen LogP) is 1.69. The van der Waals surface area contributed by atoms with Crippen molar-refractivity contribution in [2.75, 3.05) is 13.2 Å². The number of carbonyl (C=O) groups is 1. The highest BCUT2D eigenvalue weighted by Crippen LogP contribution is 2.29. The highest BCUT2D eigenvalue weighted by molar-refractivity contribution is 6.40. The zero-order chi connectivity index (χ0) is 13.2. The zero-order valence-corrected chi connectivity index (χ0v) is 10.6. The molecule has 2 aliphatic rings. The molecule has 1 aromatic carbocycles. The Hall–Kier alpha value is -1.72. The molecule has 0 bridgehead atoms. The van der Waals surface area contributed by atoms with Gasteiger partial charge in [0.05, 0.1) is 19.1 Å². The molecule has 100 valence electrons. The van der Waals surface area contributed by atoms with E-state index < -0.39 is 6.29 Å². The van der Waals surface area contributed by atoms with Crippen LogP contribution in [0.2, 0.25) is 0 Å². The van der Waals surface area contributed by atoms with E-state index in [4.69, 9.17) is 14.3 Å². The van der Waals surface area contributed by atoms with Gasteiger partial charge in [0.2, 0.25) is 0 Å². The number of nitrogens with zero attached hydrogens (tertiary/aromatic N) is 1. The average Bonchev–Trinajstić information content (AvgIpc) is 2.72. The molecule has 5 heteroatoms. The lowest BCUT2D eigenvalue weighted by atomic mass is 9.96. The predicted molar refractivity (Wildman–Crippen MR) is 67.6 cm³/mol. The standard InChI is InChI=1S/C14H15NO4/c1-9(16)13-11-7-17-14(10-5-3-2-4-6-10)18-8-12(11)19-15-13/h2-6,11-12,14H,7-8H2,1H3/t11-,12-,14-/m0/s1. The van der Waals surface area contributed by atoms with Gasteiger partial charge in [-0.1, -0.05) is 35.5 Å². The fourth-order valence-corrected chi connectivity index (χ4v) is 2.32. The van der Waals surface area contributed by atoms with Crippen LogP contribution in [-0.4, -0.2) is 30.8 Å². The summed E-state index contributed by atoms with van der Waals surface area (Å²) in [4.78, 5) is 16.7. The molecule has 3 rings (SSSR count). The second-order valence-electron chi connectivity index (χ2n) is 4.69. The van der Waals surface area contributed by atoms with Crippen LogP contribution in [0.15, 0.2) is 35.5 Å². The lowest BCUT2D eigenvalue weighted by molar-refractivity contribution is -0.139. The topological polar surface area (TPSA) is 57.1 Å². The number of fused-ring (bicyclic) bond motifs is 1. The maximum absolute atomic E-state index is 11.5. The molecule has 5 nitrogen and oxygen atoms in total. The molecule has 0 aliphatic carbocycles. The Labute approximate surface area is 111 Å². The number of oxime groups is 1. The normalized spacial score (nSPS) is 29.9. The van der Waals surface area contributed by atoms with E-state index in [1.54, 1.807) is 0 Å². The van der Waals surface area contributed by atoms with E-state index in [0.29, 0.717) is 18.9 Å². The van der Waals surface area contributed by atoms with Gasteiger partial charge in [0.25, 0.3) is 0 Å². The van der Waals surface area contributed by atoms with E-state index in [9.17, 15) is 4.79 Å². The van der Waals surface area contributed by atoms with E-state index in [1.165, 1.54) is 6.92 Å². The molecular weight excluding hydrogens is 246 g/mol. The van der Waals surface area contributed by atoms with Crippen LogP contribution in [0.4, 0.5) is 0 Å². The fraction of sp³-hybridized carbons (Fsp3) is 0.429. The summed E-state index contributed by atoms with van der Waals surface area (Å²) in [6.45, 7) is 2.23. The fourth-order valence-electron chi connectivity index (χ4n) is 2.32. The van der Waals surface area contributed by atoms with E-state index in [0.717, 1.165) is 5.56 Å². The first-order valence-electron chi connectivity index (χ1n) is 6.28. The summed E-state index contributed by atoms with van der Waals surface area (Å²) >= 11 is 0. The summed E-state index contributed by atoms with van der Waals surface area (Å²) in [6.07, 6.45) is -0.642. The first-order valence-corrected chi connectivity index (χ1v) is 6.28. The van der Waals surface area contributed by atoms with Gasteiger partial charge in [-0.15, -0.1) is 0 Å². The lowest BCUT2D eigenvalue weighted by Crippen LogP contribution is -2.31. The highest BCUT2D eigenvalue weighted by Gasteiger charge is 2.40. The van der Waals surface area contributed by atoms with Gasteiger partial charge in [0.1, 0.15) is 5.71 Å². The molecule has 1 aromatic rings. The maximum atomic E-state index is 11.5. The number of benzene rings is 1. The Balaban J connectivity index is 1.74. The maximum Gasteiger partial charge on any atom is 0.184 e. The molecule has 2 aliphatic heterocycles. The molecule has 0 spiro atoms. The Morgan fingerprint density at radius 1 is 1.21 bits per heavy atom. The minimum atomic E-state index is -0.413. The minimum Gasteiger partial charge on any atom is -0.389 e. The third-order valence-electron chi connectivity index (χ3n) is 3.36. The number of carbonyl (C=O) groups excluding carboxylic acids is 1. The SMILES string of the molecule is CC(=O)C1=NO[C@H]2CO[C@@H](c3ccccc3)OC[C@H]12. The van der Waals surface area contributed by atoms with Gasteiger partial charge in [0, 0.05) is 12.5 Å². The molecule has 0 radical (unpaired) electrons. The van der Waals surface area contributed by atoms with Crippen molar-refractivity contribution in [3.63, 3.8) is 0 Å². The van der Waals surface area contributed by atoms with Crippen molar-refractivity contribution in [1.82, 2.24) is 0 Å². The van der Waals surface area contributed by atoms with Gasteiger partial charge in [-0.3, -0.25) is 4.79 Å². The second-order valence-corrected chi connectivity index (χ2v) is 4.69. The summed E-state index contributed by atoms with van der Waals surface area (Å²) in [5.74, 6) is -0.208. The average molecular weight is 261 g/mol. The molecular formula is C14H15NO4. The quantitative estimate of drug-likeness (QED) is 0.813. The van der Waals surface area contributed by atoms with Crippen LogP contribution in [-0.2, 0) is 19.1 Å². The van der Waals surface area contributed by atoms with Crippen molar-refractivity contribution in [2.24, 2.45) is 11.1 Å². The zero-order valence-electron chi connectivity index (χ0n) is 10.6. The van der Waals surface area contributed by atoms with E-state index in [2.05, 4.69) is 5.16 Å². The monoisotopic (exact) mass is 261 g/mol. The van der Waals surface area contributed by atoms with Crippen LogP contribution < -0.4 is 0 Å². The molecule has 3 atom stereocenters. The molecule has 1 fully saturated rings. The number of hydrogen-bond donors (Lipinski definition) is 0. The van der Waals surface area contributed by atoms with Crippen LogP contribution in [0.5, 0.6) is 0 Å². The highest BCUT2D eigenvalue weighted by atomic mass is 16.7. The first-order chi connectivity index (χ1) is 9.25. The Kier molecular flexibility index (Phi) is 3.31. The van der Waals surface area contributed by atoms with E-state index in [1.807, 2.05) is 30.3 Å². The van der Waals surface area contributed by atoms with Gasteiger partial charge in [-0.2, -0.15) is 0 Å². The first kappa shape index (κ1) is 12.3. The third kappa shape index (κ3) is 2.39. The molecule has 1 saturated heterocycles. The Bertz CT molecular complexity index is 499. The molecule has 19 heavy (non-hydrogen) atoms. The molecule has 0 saturated carbocycles. The summed E-state index contributed by atoms with van der Waals surface area (Å²) in [7, 11) is 0. The summed E-state index contributed by atoms with van der Waals surface area (Å²) in [5.41, 5.74) is 1.41. The van der Waals surface area contributed by atoms with Crippen molar-refractivity contribution in [2.45, 2.75) is 19.3 Å². The Morgan fingerprint density at radius 3 is 2.68 bits per heavy atom. The van der Waals surface area contributed by atoms with Crippen LogP contribution in [0, 0.1) is 5.92 Å². The minimum absolute atomic E-state index is 0.0748. The van der Waals surface area contributed by atoms with Crippen LogP contribution in [0.1, 0.15) is 18.8 Å². The van der Waals surface area contributed by atoms with Crippen LogP contribution >= 0.6 is 0 Å². The van der Waals surface area contributed by atoms with Crippen molar-refractivity contribution in [3.05, 3.63) is 35.9 Å². The lowest BCUT2D eigenvalue weighted by Gasteiger charge is -2.15. The summed E-state index contributed by atoms with van der Waals surface area (Å²) < 4.78 is 11.4. The van der Waals surface area contributed by atoms with Crippen molar-refractivity contribution >= 4 is 11.5 Å². The molecule has 0 unspecified atom stereocenters. The van der Waals surface area contributed by atoms with Crippen LogP contribution in [0.3, 0.4) is 0 Å².